The number of nitrogens with one attached hydrogen (secondary N) is 1. The summed E-state index contributed by atoms with van der Waals surface area (Å²) in [7, 11) is 0. The molecule has 1 unspecified atom stereocenters. The topological polar surface area (TPSA) is 73.1 Å². The van der Waals surface area contributed by atoms with Crippen LogP contribution in [0.25, 0.3) is 0 Å². The van der Waals surface area contributed by atoms with Crippen LogP contribution in [-0.4, -0.2) is 16.6 Å². The first kappa shape index (κ1) is 14.4. The Morgan fingerprint density at radius 3 is 2.90 bits per heavy atom. The van der Waals surface area contributed by atoms with Crippen LogP contribution >= 0.6 is 0 Å². The highest BCUT2D eigenvalue weighted by Crippen LogP contribution is 2.22. The predicted octanol–water partition coefficient (Wildman–Crippen LogP) is 2.13. The van der Waals surface area contributed by atoms with Crippen molar-refractivity contribution in [3.8, 4) is 5.75 Å². The van der Waals surface area contributed by atoms with E-state index >= 15 is 0 Å². The van der Waals surface area contributed by atoms with E-state index < -0.39 is 0 Å². The van der Waals surface area contributed by atoms with Crippen molar-refractivity contribution < 1.29 is 4.74 Å². The molecule has 2 rings (SSSR count). The molecule has 0 aromatic carbocycles. The van der Waals surface area contributed by atoms with E-state index in [4.69, 9.17) is 10.6 Å². The molecule has 20 heavy (non-hydrogen) atoms. The van der Waals surface area contributed by atoms with E-state index in [1.807, 2.05) is 31.2 Å². The van der Waals surface area contributed by atoms with Crippen LogP contribution in [0.4, 0.5) is 0 Å². The Balaban J connectivity index is 2.27. The quantitative estimate of drug-likeness (QED) is 0.622. The number of nitrogens with two attached hydrogens (primary N) is 1. The van der Waals surface area contributed by atoms with Crippen molar-refractivity contribution >= 4 is 0 Å². The molecule has 0 aliphatic rings. The molecule has 1 atom stereocenters. The summed E-state index contributed by atoms with van der Waals surface area (Å²) in [5, 5.41) is 0. The maximum absolute atomic E-state index is 5.68. The van der Waals surface area contributed by atoms with Gasteiger partial charge in [0.15, 0.2) is 0 Å². The Bertz CT molecular complexity index is 559. The number of ether oxygens (including phenoxy) is 1. The fourth-order valence-corrected chi connectivity index (χ4v) is 1.97. The molecular formula is C15H20N4O. The molecule has 0 fully saturated rings. The van der Waals surface area contributed by atoms with Crippen LogP contribution in [0, 0.1) is 6.92 Å². The zero-order chi connectivity index (χ0) is 14.4. The van der Waals surface area contributed by atoms with Gasteiger partial charge in [0.2, 0.25) is 0 Å². The Kier molecular flexibility index (Phi) is 5.03. The average Bonchev–Trinajstić information content (AvgIpc) is 2.46. The number of rotatable bonds is 6. The fraction of sp³-hybridized carbons (Fsp3) is 0.333. The molecule has 2 heterocycles. The molecule has 0 bridgehead atoms. The Hall–Kier alpha value is -1.98. The second-order valence-electron chi connectivity index (χ2n) is 4.61. The van der Waals surface area contributed by atoms with Crippen LogP contribution in [0.3, 0.4) is 0 Å². The molecule has 0 amide bonds. The molecule has 2 aromatic heterocycles. The van der Waals surface area contributed by atoms with Gasteiger partial charge in [-0.05, 0) is 37.1 Å². The van der Waals surface area contributed by atoms with Crippen LogP contribution in [-0.2, 0) is 0 Å². The lowest BCUT2D eigenvalue weighted by molar-refractivity contribution is 0.315. The fourth-order valence-electron chi connectivity index (χ4n) is 1.97. The second kappa shape index (κ2) is 6.98. The van der Waals surface area contributed by atoms with Gasteiger partial charge in [-0.3, -0.25) is 15.8 Å². The number of hydrogen-bond donors (Lipinski definition) is 2. The highest BCUT2D eigenvalue weighted by molar-refractivity contribution is 5.31. The van der Waals surface area contributed by atoms with Gasteiger partial charge >= 0.3 is 0 Å². The van der Waals surface area contributed by atoms with Crippen LogP contribution in [0.1, 0.15) is 36.3 Å². The van der Waals surface area contributed by atoms with Crippen LogP contribution in [0.2, 0.25) is 0 Å². The largest absolute Gasteiger partial charge is 0.492 e. The van der Waals surface area contributed by atoms with Crippen molar-refractivity contribution in [2.45, 2.75) is 26.3 Å². The van der Waals surface area contributed by atoms with Gasteiger partial charge in [-0.2, -0.15) is 0 Å². The number of aromatic nitrogens is 2. The molecule has 106 valence electrons. The molecule has 3 N–H and O–H groups in total. The molecule has 0 saturated carbocycles. The highest BCUT2D eigenvalue weighted by Gasteiger charge is 2.15. The highest BCUT2D eigenvalue weighted by atomic mass is 16.5. The lowest BCUT2D eigenvalue weighted by Gasteiger charge is -2.16. The molecule has 0 aliphatic heterocycles. The lowest BCUT2D eigenvalue weighted by Crippen LogP contribution is -2.29. The zero-order valence-corrected chi connectivity index (χ0v) is 11.8. The molecule has 5 heteroatoms. The zero-order valence-electron chi connectivity index (χ0n) is 11.8. The number of aryl methyl sites for hydroxylation is 1. The van der Waals surface area contributed by atoms with Gasteiger partial charge in [0.25, 0.3) is 0 Å². The molecule has 0 aliphatic carbocycles. The van der Waals surface area contributed by atoms with Crippen molar-refractivity contribution in [1.82, 2.24) is 15.4 Å². The predicted molar refractivity (Wildman–Crippen MR) is 78.2 cm³/mol. The van der Waals surface area contributed by atoms with E-state index in [1.165, 1.54) is 0 Å². The third-order valence-electron chi connectivity index (χ3n) is 2.91. The molecule has 0 saturated heterocycles. The minimum Gasteiger partial charge on any atom is -0.492 e. The SMILES string of the molecule is CCCOc1cncc(C(NN)c2cccc(C)n2)c1. The van der Waals surface area contributed by atoms with E-state index in [9.17, 15) is 0 Å². The van der Waals surface area contributed by atoms with E-state index in [0.29, 0.717) is 6.61 Å². The molecule has 2 aromatic rings. The first-order valence-electron chi connectivity index (χ1n) is 6.72. The summed E-state index contributed by atoms with van der Waals surface area (Å²) in [6, 6.07) is 7.60. The van der Waals surface area contributed by atoms with Crippen LogP contribution in [0.5, 0.6) is 5.75 Å². The van der Waals surface area contributed by atoms with Gasteiger partial charge in [0.1, 0.15) is 5.75 Å². The molecule has 5 nitrogen and oxygen atoms in total. The standard InChI is InChI=1S/C15H20N4O/c1-3-7-20-13-8-12(9-17-10-13)15(19-16)14-6-4-5-11(2)18-14/h4-6,8-10,15,19H,3,7,16H2,1-2H3. The number of pyridine rings is 2. The summed E-state index contributed by atoms with van der Waals surface area (Å²) in [6.45, 7) is 4.70. The van der Waals surface area contributed by atoms with Gasteiger partial charge in [0, 0.05) is 11.9 Å². The maximum atomic E-state index is 5.68. The van der Waals surface area contributed by atoms with Crippen molar-refractivity contribution in [1.29, 1.82) is 0 Å². The number of hydrazine groups is 1. The normalized spacial score (nSPS) is 12.2. The minimum atomic E-state index is -0.201. The number of nitrogens with zero attached hydrogens (tertiary/aromatic N) is 2. The van der Waals surface area contributed by atoms with Crippen LogP contribution < -0.4 is 16.0 Å². The Morgan fingerprint density at radius 2 is 2.20 bits per heavy atom. The first-order valence-corrected chi connectivity index (χ1v) is 6.72. The van der Waals surface area contributed by atoms with Crippen molar-refractivity contribution in [2.75, 3.05) is 6.61 Å². The summed E-state index contributed by atoms with van der Waals surface area (Å²) < 4.78 is 5.60. The van der Waals surface area contributed by atoms with Crippen molar-refractivity contribution in [3.05, 3.63) is 53.6 Å². The monoisotopic (exact) mass is 272 g/mol. The second-order valence-corrected chi connectivity index (χ2v) is 4.61. The van der Waals surface area contributed by atoms with Gasteiger partial charge in [0.05, 0.1) is 24.5 Å². The lowest BCUT2D eigenvalue weighted by atomic mass is 10.1. The molecule has 0 radical (unpaired) electrons. The first-order chi connectivity index (χ1) is 9.74. The van der Waals surface area contributed by atoms with Crippen LogP contribution in [0.15, 0.2) is 36.7 Å². The van der Waals surface area contributed by atoms with E-state index in [1.54, 1.807) is 12.4 Å². The summed E-state index contributed by atoms with van der Waals surface area (Å²) in [5.74, 6) is 6.43. The van der Waals surface area contributed by atoms with Gasteiger partial charge in [-0.25, -0.2) is 5.43 Å². The summed E-state index contributed by atoms with van der Waals surface area (Å²) >= 11 is 0. The Morgan fingerprint density at radius 1 is 1.35 bits per heavy atom. The summed E-state index contributed by atoms with van der Waals surface area (Å²) in [4.78, 5) is 8.71. The van der Waals surface area contributed by atoms with Gasteiger partial charge < -0.3 is 4.74 Å². The van der Waals surface area contributed by atoms with Gasteiger partial charge in [-0.1, -0.05) is 13.0 Å². The Labute approximate surface area is 119 Å². The smallest absolute Gasteiger partial charge is 0.137 e. The maximum Gasteiger partial charge on any atom is 0.137 e. The molecule has 0 spiro atoms. The molecular weight excluding hydrogens is 252 g/mol. The van der Waals surface area contributed by atoms with E-state index in [2.05, 4.69) is 22.3 Å². The summed E-state index contributed by atoms with van der Waals surface area (Å²) in [5.41, 5.74) is 5.53. The minimum absolute atomic E-state index is 0.201. The third kappa shape index (κ3) is 3.53. The third-order valence-corrected chi connectivity index (χ3v) is 2.91. The average molecular weight is 272 g/mol. The van der Waals surface area contributed by atoms with E-state index in [-0.39, 0.29) is 6.04 Å². The van der Waals surface area contributed by atoms with Gasteiger partial charge in [-0.15, -0.1) is 0 Å². The van der Waals surface area contributed by atoms with E-state index in [0.717, 1.165) is 29.1 Å². The summed E-state index contributed by atoms with van der Waals surface area (Å²) in [6.07, 6.45) is 4.44. The number of hydrogen-bond acceptors (Lipinski definition) is 5. The van der Waals surface area contributed by atoms with Crippen molar-refractivity contribution in [2.24, 2.45) is 5.84 Å². The van der Waals surface area contributed by atoms with Crippen molar-refractivity contribution in [3.63, 3.8) is 0 Å².